The van der Waals surface area contributed by atoms with Crippen molar-refractivity contribution in [3.63, 3.8) is 0 Å². The van der Waals surface area contributed by atoms with Crippen LogP contribution < -0.4 is 4.90 Å². The summed E-state index contributed by atoms with van der Waals surface area (Å²) in [6.45, 7) is 5.81. The monoisotopic (exact) mass is 298 g/mol. The molecule has 19 heavy (non-hydrogen) atoms. The number of nitrogens with zero attached hydrogens (tertiary/aromatic N) is 2. The molecular weight excluding hydrogens is 279 g/mol. The van der Waals surface area contributed by atoms with E-state index in [1.54, 1.807) is 6.07 Å². The fourth-order valence-electron chi connectivity index (χ4n) is 3.46. The van der Waals surface area contributed by atoms with Crippen LogP contribution in [0.1, 0.15) is 26.2 Å². The van der Waals surface area contributed by atoms with Crippen molar-refractivity contribution in [2.75, 3.05) is 24.5 Å². The Bertz CT molecular complexity index is 443. The standard InChI is InChI=1S/C15H20Cl2N2/c1-2-13-9-18-5-3-4-14(18)10-19(13)15-7-11(16)6-12(17)8-15/h6-8,13-14H,2-5,9-10H2,1H3. The summed E-state index contributed by atoms with van der Waals surface area (Å²) in [5.41, 5.74) is 1.18. The lowest BCUT2D eigenvalue weighted by molar-refractivity contribution is 0.195. The fourth-order valence-corrected chi connectivity index (χ4v) is 3.97. The third-order valence-corrected chi connectivity index (χ3v) is 4.88. The summed E-state index contributed by atoms with van der Waals surface area (Å²) < 4.78 is 0. The smallest absolute Gasteiger partial charge is 0.0441 e. The predicted octanol–water partition coefficient (Wildman–Crippen LogP) is 4.06. The van der Waals surface area contributed by atoms with E-state index in [4.69, 9.17) is 23.2 Å². The molecule has 2 fully saturated rings. The summed E-state index contributed by atoms with van der Waals surface area (Å²) in [4.78, 5) is 5.15. The van der Waals surface area contributed by atoms with Gasteiger partial charge in [-0.05, 0) is 44.0 Å². The molecule has 0 saturated carbocycles. The first-order valence-electron chi connectivity index (χ1n) is 7.14. The van der Waals surface area contributed by atoms with E-state index in [-0.39, 0.29) is 0 Å². The van der Waals surface area contributed by atoms with Gasteiger partial charge in [0.2, 0.25) is 0 Å². The van der Waals surface area contributed by atoms with Gasteiger partial charge in [0.25, 0.3) is 0 Å². The topological polar surface area (TPSA) is 6.48 Å². The van der Waals surface area contributed by atoms with Crippen LogP contribution in [0.15, 0.2) is 18.2 Å². The molecular formula is C15H20Cl2N2. The Morgan fingerprint density at radius 2 is 1.89 bits per heavy atom. The number of piperazine rings is 1. The molecule has 2 aliphatic heterocycles. The number of halogens is 2. The molecule has 2 heterocycles. The predicted molar refractivity (Wildman–Crippen MR) is 82.5 cm³/mol. The normalized spacial score (nSPS) is 27.6. The zero-order chi connectivity index (χ0) is 13.4. The molecule has 0 bridgehead atoms. The Kier molecular flexibility index (Phi) is 3.93. The van der Waals surface area contributed by atoms with Crippen LogP contribution >= 0.6 is 23.2 Å². The van der Waals surface area contributed by atoms with Crippen LogP contribution in [0.2, 0.25) is 10.0 Å². The number of anilines is 1. The second-order valence-corrected chi connectivity index (χ2v) is 6.51. The van der Waals surface area contributed by atoms with Crippen molar-refractivity contribution >= 4 is 28.9 Å². The Balaban J connectivity index is 1.88. The molecule has 1 aromatic rings. The van der Waals surface area contributed by atoms with Crippen molar-refractivity contribution < 1.29 is 0 Å². The van der Waals surface area contributed by atoms with Crippen molar-refractivity contribution in [3.05, 3.63) is 28.2 Å². The molecule has 0 radical (unpaired) electrons. The van der Waals surface area contributed by atoms with Gasteiger partial charge in [-0.3, -0.25) is 4.90 Å². The number of fused-ring (bicyclic) bond motifs is 1. The van der Waals surface area contributed by atoms with Gasteiger partial charge in [-0.15, -0.1) is 0 Å². The molecule has 0 N–H and O–H groups in total. The van der Waals surface area contributed by atoms with Crippen LogP contribution in [0, 0.1) is 0 Å². The lowest BCUT2D eigenvalue weighted by Gasteiger charge is -2.45. The summed E-state index contributed by atoms with van der Waals surface area (Å²) in [6, 6.07) is 7.17. The zero-order valence-electron chi connectivity index (χ0n) is 11.3. The van der Waals surface area contributed by atoms with Gasteiger partial charge in [-0.25, -0.2) is 0 Å². The van der Waals surface area contributed by atoms with E-state index in [0.29, 0.717) is 12.1 Å². The average molecular weight is 299 g/mol. The lowest BCUT2D eigenvalue weighted by atomic mass is 10.0. The third kappa shape index (κ3) is 2.72. The first-order chi connectivity index (χ1) is 9.17. The van der Waals surface area contributed by atoms with Crippen LogP contribution in [0.5, 0.6) is 0 Å². The maximum atomic E-state index is 6.15. The largest absolute Gasteiger partial charge is 0.366 e. The van der Waals surface area contributed by atoms with E-state index in [1.165, 1.54) is 31.6 Å². The van der Waals surface area contributed by atoms with E-state index < -0.39 is 0 Å². The molecule has 0 spiro atoms. The van der Waals surface area contributed by atoms with Crippen LogP contribution in [0.3, 0.4) is 0 Å². The molecule has 2 nitrogen and oxygen atoms in total. The Hall–Kier alpha value is -0.440. The van der Waals surface area contributed by atoms with Crippen molar-refractivity contribution in [1.29, 1.82) is 0 Å². The minimum absolute atomic E-state index is 0.573. The molecule has 2 unspecified atom stereocenters. The Morgan fingerprint density at radius 3 is 2.58 bits per heavy atom. The molecule has 3 rings (SSSR count). The second-order valence-electron chi connectivity index (χ2n) is 5.63. The van der Waals surface area contributed by atoms with Crippen LogP contribution in [-0.4, -0.2) is 36.6 Å². The average Bonchev–Trinajstić information content (AvgIpc) is 2.83. The van der Waals surface area contributed by atoms with Gasteiger partial charge in [0.1, 0.15) is 0 Å². The van der Waals surface area contributed by atoms with Gasteiger partial charge in [0.05, 0.1) is 0 Å². The first-order valence-corrected chi connectivity index (χ1v) is 7.89. The highest BCUT2D eigenvalue weighted by Gasteiger charge is 2.35. The highest BCUT2D eigenvalue weighted by Crippen LogP contribution is 2.32. The SMILES string of the molecule is CCC1CN2CCCC2CN1c1cc(Cl)cc(Cl)c1. The molecule has 4 heteroatoms. The minimum Gasteiger partial charge on any atom is -0.366 e. The molecule has 2 aliphatic rings. The van der Waals surface area contributed by atoms with Crippen molar-refractivity contribution in [2.24, 2.45) is 0 Å². The quantitative estimate of drug-likeness (QED) is 0.812. The fraction of sp³-hybridized carbons (Fsp3) is 0.600. The van der Waals surface area contributed by atoms with Crippen LogP contribution in [-0.2, 0) is 0 Å². The summed E-state index contributed by atoms with van der Waals surface area (Å²) in [5, 5.41) is 1.46. The molecule has 104 valence electrons. The summed E-state index contributed by atoms with van der Waals surface area (Å²) in [5.74, 6) is 0. The number of hydrogen-bond acceptors (Lipinski definition) is 2. The Morgan fingerprint density at radius 1 is 1.16 bits per heavy atom. The Labute approximate surface area is 125 Å². The van der Waals surface area contributed by atoms with Crippen molar-refractivity contribution in [3.8, 4) is 0 Å². The number of benzene rings is 1. The lowest BCUT2D eigenvalue weighted by Crippen LogP contribution is -2.56. The molecule has 1 aromatic carbocycles. The second kappa shape index (κ2) is 5.51. The molecule has 2 saturated heterocycles. The maximum Gasteiger partial charge on any atom is 0.0441 e. The highest BCUT2D eigenvalue weighted by molar-refractivity contribution is 6.35. The van der Waals surface area contributed by atoms with E-state index in [0.717, 1.165) is 23.0 Å². The van der Waals surface area contributed by atoms with E-state index in [2.05, 4.69) is 16.7 Å². The summed E-state index contributed by atoms with van der Waals surface area (Å²) in [6.07, 6.45) is 3.82. The molecule has 0 aromatic heterocycles. The highest BCUT2D eigenvalue weighted by atomic mass is 35.5. The van der Waals surface area contributed by atoms with E-state index >= 15 is 0 Å². The summed E-state index contributed by atoms with van der Waals surface area (Å²) in [7, 11) is 0. The molecule has 2 atom stereocenters. The molecule has 0 aliphatic carbocycles. The van der Waals surface area contributed by atoms with Gasteiger partial charge >= 0.3 is 0 Å². The summed E-state index contributed by atoms with van der Waals surface area (Å²) >= 11 is 12.3. The first kappa shape index (κ1) is 13.5. The van der Waals surface area contributed by atoms with Gasteiger partial charge in [0.15, 0.2) is 0 Å². The van der Waals surface area contributed by atoms with Crippen molar-refractivity contribution in [1.82, 2.24) is 4.90 Å². The number of hydrogen-bond donors (Lipinski definition) is 0. The van der Waals surface area contributed by atoms with E-state index in [9.17, 15) is 0 Å². The number of rotatable bonds is 2. The zero-order valence-corrected chi connectivity index (χ0v) is 12.8. The van der Waals surface area contributed by atoms with Gasteiger partial charge in [0, 0.05) is 40.9 Å². The van der Waals surface area contributed by atoms with Crippen molar-refractivity contribution in [2.45, 2.75) is 38.3 Å². The maximum absolute atomic E-state index is 6.15. The van der Waals surface area contributed by atoms with Crippen LogP contribution in [0.4, 0.5) is 5.69 Å². The van der Waals surface area contributed by atoms with Gasteiger partial charge in [-0.2, -0.15) is 0 Å². The third-order valence-electron chi connectivity index (χ3n) is 4.44. The molecule has 0 amide bonds. The minimum atomic E-state index is 0.573. The van der Waals surface area contributed by atoms with E-state index in [1.807, 2.05) is 12.1 Å². The van der Waals surface area contributed by atoms with Gasteiger partial charge < -0.3 is 4.90 Å². The van der Waals surface area contributed by atoms with Crippen LogP contribution in [0.25, 0.3) is 0 Å². The van der Waals surface area contributed by atoms with Gasteiger partial charge in [-0.1, -0.05) is 30.1 Å².